The number of carbonyl (C=O) groups is 1. The van der Waals surface area contributed by atoms with Crippen LogP contribution in [0.25, 0.3) is 5.69 Å². The maximum absolute atomic E-state index is 13.8. The molecule has 0 saturated carbocycles. The van der Waals surface area contributed by atoms with Crippen molar-refractivity contribution in [2.75, 3.05) is 32.1 Å². The first kappa shape index (κ1) is 29.5. The number of ether oxygens (including phenoxy) is 1. The maximum atomic E-state index is 13.8. The average Bonchev–Trinajstić information content (AvgIpc) is 3.22. The fourth-order valence-electron chi connectivity index (χ4n) is 4.51. The number of amides is 1. The summed E-state index contributed by atoms with van der Waals surface area (Å²) in [5, 5.41) is 7.69. The molecule has 38 heavy (non-hydrogen) atoms. The van der Waals surface area contributed by atoms with E-state index < -0.39 is 15.9 Å². The van der Waals surface area contributed by atoms with Gasteiger partial charge < -0.3 is 10.1 Å². The Morgan fingerprint density at radius 2 is 1.68 bits per heavy atom. The van der Waals surface area contributed by atoms with Gasteiger partial charge in [0.05, 0.1) is 22.8 Å². The van der Waals surface area contributed by atoms with Crippen molar-refractivity contribution in [3.8, 4) is 5.69 Å². The Morgan fingerprint density at radius 3 is 2.26 bits per heavy atom. The molecule has 0 aliphatic heterocycles. The van der Waals surface area contributed by atoms with Crippen LogP contribution in [0.4, 0.5) is 5.82 Å². The second-order valence-corrected chi connectivity index (χ2v) is 12.8. The number of aryl methyl sites for hydroxylation is 4. The summed E-state index contributed by atoms with van der Waals surface area (Å²) in [5.41, 5.74) is 4.74. The Balaban J connectivity index is 1.96. The Labute approximate surface area is 227 Å². The van der Waals surface area contributed by atoms with Crippen LogP contribution in [-0.2, 0) is 25.0 Å². The molecule has 0 spiro atoms. The van der Waals surface area contributed by atoms with Crippen molar-refractivity contribution in [3.05, 3.63) is 70.4 Å². The zero-order valence-corrected chi connectivity index (χ0v) is 24.6. The van der Waals surface area contributed by atoms with E-state index >= 15 is 0 Å². The van der Waals surface area contributed by atoms with Gasteiger partial charge in [0, 0.05) is 31.7 Å². The van der Waals surface area contributed by atoms with E-state index in [4.69, 9.17) is 9.84 Å². The summed E-state index contributed by atoms with van der Waals surface area (Å²) in [6.45, 7) is 13.9. The van der Waals surface area contributed by atoms with Crippen LogP contribution in [0, 0.1) is 27.7 Å². The molecular weight excluding hydrogens is 500 g/mol. The smallest absolute Gasteiger partial charge is 0.244 e. The van der Waals surface area contributed by atoms with E-state index in [2.05, 4.69) is 26.1 Å². The first-order valence-electron chi connectivity index (χ1n) is 12.8. The quantitative estimate of drug-likeness (QED) is 0.363. The van der Waals surface area contributed by atoms with Gasteiger partial charge in [0.2, 0.25) is 15.9 Å². The van der Waals surface area contributed by atoms with E-state index in [1.54, 1.807) is 25.6 Å². The molecule has 1 aromatic heterocycles. The van der Waals surface area contributed by atoms with Gasteiger partial charge in [-0.05, 0) is 62.9 Å². The second kappa shape index (κ2) is 11.8. The molecule has 3 rings (SSSR count). The normalized spacial score (nSPS) is 12.2. The lowest BCUT2D eigenvalue weighted by Gasteiger charge is -2.24. The summed E-state index contributed by atoms with van der Waals surface area (Å²) in [5.74, 6) is 0.0464. The van der Waals surface area contributed by atoms with E-state index in [0.717, 1.165) is 22.5 Å². The number of sulfonamides is 1. The van der Waals surface area contributed by atoms with Gasteiger partial charge in [-0.15, -0.1) is 0 Å². The number of anilines is 1. The topological polar surface area (TPSA) is 93.5 Å². The minimum Gasteiger partial charge on any atom is -0.385 e. The highest BCUT2D eigenvalue weighted by Gasteiger charge is 2.30. The molecular formula is C29H40N4O4S. The molecule has 2 aromatic carbocycles. The van der Waals surface area contributed by atoms with Gasteiger partial charge in [0.25, 0.3) is 0 Å². The standard InChI is InChI=1S/C29H40N4O4S/c1-20-11-9-12-24(17-20)33-26(18-25(31-33)29(5,6)7)30-27(34)19-32(13-10-14-37-8)38(35,36)28-22(3)15-21(2)16-23(28)4/h9,11-12,15-18H,10,13-14,19H2,1-8H3,(H,30,34). The fraction of sp³-hybridized carbons (Fsp3) is 0.448. The van der Waals surface area contributed by atoms with E-state index in [0.29, 0.717) is 30.0 Å². The number of benzene rings is 2. The number of nitrogens with one attached hydrogen (secondary N) is 1. The van der Waals surface area contributed by atoms with Gasteiger partial charge in [-0.2, -0.15) is 9.40 Å². The summed E-state index contributed by atoms with van der Waals surface area (Å²) in [6.07, 6.45) is 0.461. The zero-order valence-electron chi connectivity index (χ0n) is 23.8. The number of hydrogen-bond acceptors (Lipinski definition) is 5. The molecule has 1 N–H and O–H groups in total. The third kappa shape index (κ3) is 6.89. The number of aromatic nitrogens is 2. The van der Waals surface area contributed by atoms with Gasteiger partial charge in [-0.25, -0.2) is 13.1 Å². The largest absolute Gasteiger partial charge is 0.385 e. The first-order chi connectivity index (χ1) is 17.7. The number of hydrogen-bond donors (Lipinski definition) is 1. The summed E-state index contributed by atoms with van der Waals surface area (Å²) < 4.78 is 35.7. The van der Waals surface area contributed by atoms with E-state index in [1.807, 2.05) is 56.3 Å². The first-order valence-corrected chi connectivity index (χ1v) is 14.2. The van der Waals surface area contributed by atoms with Crippen LogP contribution in [-0.4, -0.2) is 55.2 Å². The molecule has 3 aromatic rings. The van der Waals surface area contributed by atoms with Crippen LogP contribution in [0.5, 0.6) is 0 Å². The predicted molar refractivity (Wildman–Crippen MR) is 152 cm³/mol. The molecule has 9 heteroatoms. The van der Waals surface area contributed by atoms with Gasteiger partial charge in [0.1, 0.15) is 5.82 Å². The number of rotatable bonds is 10. The van der Waals surface area contributed by atoms with Crippen molar-refractivity contribution in [2.24, 2.45) is 0 Å². The van der Waals surface area contributed by atoms with Crippen LogP contribution >= 0.6 is 0 Å². The lowest BCUT2D eigenvalue weighted by Crippen LogP contribution is -2.39. The van der Waals surface area contributed by atoms with Gasteiger partial charge in [0.15, 0.2) is 0 Å². The van der Waals surface area contributed by atoms with Crippen LogP contribution < -0.4 is 5.32 Å². The molecule has 0 unspecified atom stereocenters. The molecule has 206 valence electrons. The van der Waals surface area contributed by atoms with Crippen molar-refractivity contribution in [2.45, 2.75) is 65.2 Å². The molecule has 0 saturated heterocycles. The molecule has 0 atom stereocenters. The summed E-state index contributed by atoms with van der Waals surface area (Å²) in [6, 6.07) is 13.4. The van der Waals surface area contributed by atoms with Crippen molar-refractivity contribution >= 4 is 21.7 Å². The molecule has 0 fully saturated rings. The SMILES string of the molecule is COCCCN(CC(=O)Nc1cc(C(C)(C)C)nn1-c1cccc(C)c1)S(=O)(=O)c1c(C)cc(C)cc1C. The summed E-state index contributed by atoms with van der Waals surface area (Å²) in [7, 11) is -2.37. The summed E-state index contributed by atoms with van der Waals surface area (Å²) in [4.78, 5) is 13.6. The van der Waals surface area contributed by atoms with Crippen molar-refractivity contribution in [1.82, 2.24) is 14.1 Å². The van der Waals surface area contributed by atoms with E-state index in [-0.39, 0.29) is 23.4 Å². The van der Waals surface area contributed by atoms with E-state index in [1.165, 1.54) is 4.31 Å². The van der Waals surface area contributed by atoms with Crippen LogP contribution in [0.3, 0.4) is 0 Å². The molecule has 0 aliphatic rings. The monoisotopic (exact) mass is 540 g/mol. The van der Waals surface area contributed by atoms with Crippen molar-refractivity contribution in [1.29, 1.82) is 0 Å². The predicted octanol–water partition coefficient (Wildman–Crippen LogP) is 5.07. The fourth-order valence-corrected chi connectivity index (χ4v) is 6.35. The molecule has 1 heterocycles. The molecule has 0 aliphatic carbocycles. The average molecular weight is 541 g/mol. The number of nitrogens with zero attached hydrogens (tertiary/aromatic N) is 3. The molecule has 0 radical (unpaired) electrons. The number of carbonyl (C=O) groups excluding carboxylic acids is 1. The molecule has 1 amide bonds. The molecule has 8 nitrogen and oxygen atoms in total. The minimum absolute atomic E-state index is 0.154. The lowest BCUT2D eigenvalue weighted by molar-refractivity contribution is -0.116. The van der Waals surface area contributed by atoms with Crippen LogP contribution in [0.15, 0.2) is 47.4 Å². The third-order valence-corrected chi connectivity index (χ3v) is 8.42. The van der Waals surface area contributed by atoms with Crippen molar-refractivity contribution in [3.63, 3.8) is 0 Å². The minimum atomic E-state index is -3.94. The highest BCUT2D eigenvalue weighted by molar-refractivity contribution is 7.89. The van der Waals surface area contributed by atoms with Gasteiger partial charge in [-0.3, -0.25) is 4.79 Å². The molecule has 0 bridgehead atoms. The second-order valence-electron chi connectivity index (χ2n) is 10.9. The summed E-state index contributed by atoms with van der Waals surface area (Å²) >= 11 is 0. The third-order valence-electron chi connectivity index (χ3n) is 6.27. The Bertz CT molecular complexity index is 1380. The highest BCUT2D eigenvalue weighted by atomic mass is 32.2. The Morgan fingerprint density at radius 1 is 1.03 bits per heavy atom. The van der Waals surface area contributed by atoms with Crippen LogP contribution in [0.2, 0.25) is 0 Å². The van der Waals surface area contributed by atoms with Crippen molar-refractivity contribution < 1.29 is 17.9 Å². The highest BCUT2D eigenvalue weighted by Crippen LogP contribution is 2.28. The van der Waals surface area contributed by atoms with Crippen LogP contribution in [0.1, 0.15) is 55.1 Å². The maximum Gasteiger partial charge on any atom is 0.244 e. The zero-order chi connectivity index (χ0) is 28.3. The van der Waals surface area contributed by atoms with E-state index in [9.17, 15) is 13.2 Å². The number of methoxy groups -OCH3 is 1. The van der Waals surface area contributed by atoms with Gasteiger partial charge >= 0.3 is 0 Å². The Hall–Kier alpha value is -3.01. The Kier molecular flexibility index (Phi) is 9.17. The van der Waals surface area contributed by atoms with Gasteiger partial charge in [-0.1, -0.05) is 50.6 Å². The lowest BCUT2D eigenvalue weighted by atomic mass is 9.92.